The van der Waals surface area contributed by atoms with Gasteiger partial charge in [-0.1, -0.05) is 38.1 Å². The van der Waals surface area contributed by atoms with E-state index in [4.69, 9.17) is 0 Å². The van der Waals surface area contributed by atoms with Crippen LogP contribution in [0.4, 0.5) is 17.6 Å². The zero-order valence-electron chi connectivity index (χ0n) is 13.9. The molecule has 0 aromatic heterocycles. The lowest BCUT2D eigenvalue weighted by Crippen LogP contribution is -2.12. The first kappa shape index (κ1) is 18.9. The van der Waals surface area contributed by atoms with Gasteiger partial charge in [-0.15, -0.1) is 0 Å². The van der Waals surface area contributed by atoms with Gasteiger partial charge in [-0.25, -0.2) is 4.39 Å². The van der Waals surface area contributed by atoms with Gasteiger partial charge in [0.1, 0.15) is 5.82 Å². The van der Waals surface area contributed by atoms with Gasteiger partial charge < -0.3 is 0 Å². The predicted octanol–water partition coefficient (Wildman–Crippen LogP) is 5.70. The number of carbonyl (C=O) groups is 1. The van der Waals surface area contributed by atoms with Crippen LogP contribution in [-0.2, 0) is 17.4 Å². The molecule has 0 fully saturated rings. The minimum atomic E-state index is -4.39. The minimum absolute atomic E-state index is 0.0933. The monoisotopic (exact) mass is 350 g/mol. The van der Waals surface area contributed by atoms with Crippen molar-refractivity contribution in [2.45, 2.75) is 26.4 Å². The summed E-state index contributed by atoms with van der Waals surface area (Å²) >= 11 is 0. The van der Waals surface area contributed by atoms with Crippen molar-refractivity contribution in [1.29, 1.82) is 0 Å². The largest absolute Gasteiger partial charge is 0.416 e. The molecule has 0 unspecified atom stereocenters. The lowest BCUT2D eigenvalue weighted by Gasteiger charge is -2.11. The van der Waals surface area contributed by atoms with Gasteiger partial charge in [-0.2, -0.15) is 13.2 Å². The van der Waals surface area contributed by atoms with Gasteiger partial charge in [0.05, 0.1) is 5.56 Å². The second kappa shape index (κ2) is 7.64. The van der Waals surface area contributed by atoms with Crippen molar-refractivity contribution < 1.29 is 22.4 Å². The Balaban J connectivity index is 2.30. The summed E-state index contributed by atoms with van der Waals surface area (Å²) < 4.78 is 50.9. The summed E-state index contributed by atoms with van der Waals surface area (Å²) in [5.74, 6) is -0.720. The molecule has 0 spiro atoms. The van der Waals surface area contributed by atoms with Gasteiger partial charge in [-0.05, 0) is 41.5 Å². The summed E-state index contributed by atoms with van der Waals surface area (Å²) in [4.78, 5) is 12.4. The molecule has 0 saturated carbocycles. The number of ketones is 1. The summed E-state index contributed by atoms with van der Waals surface area (Å²) in [6.45, 7) is 3.52. The Morgan fingerprint density at radius 1 is 1.00 bits per heavy atom. The van der Waals surface area contributed by atoms with E-state index >= 15 is 0 Å². The first-order valence-electron chi connectivity index (χ1n) is 7.83. The maximum absolute atomic E-state index is 13.0. The molecule has 0 saturated heterocycles. The molecule has 0 aliphatic heterocycles. The summed E-state index contributed by atoms with van der Waals surface area (Å²) in [5, 5.41) is 0. The molecule has 0 N–H and O–H groups in total. The van der Waals surface area contributed by atoms with Crippen molar-refractivity contribution >= 4 is 11.9 Å². The van der Waals surface area contributed by atoms with E-state index in [1.807, 2.05) is 0 Å². The van der Waals surface area contributed by atoms with Crippen molar-refractivity contribution in [2.75, 3.05) is 0 Å². The first-order valence-corrected chi connectivity index (χ1v) is 7.83. The fourth-order valence-corrected chi connectivity index (χ4v) is 2.37. The standard InChI is InChI=1S/C20H18F4O/c1-13(2)19(25)16(12-15-5-9-18(21)10-6-15)11-14-3-7-17(8-4-14)20(22,23)24/h3-10,12-13H,11H2,1-2H3. The molecule has 132 valence electrons. The van der Waals surface area contributed by atoms with Gasteiger partial charge in [-0.3, -0.25) is 4.79 Å². The van der Waals surface area contributed by atoms with E-state index in [9.17, 15) is 22.4 Å². The fourth-order valence-electron chi connectivity index (χ4n) is 2.37. The average Bonchev–Trinajstić information content (AvgIpc) is 2.55. The Kier molecular flexibility index (Phi) is 5.77. The van der Waals surface area contributed by atoms with Crippen LogP contribution in [0.5, 0.6) is 0 Å². The minimum Gasteiger partial charge on any atom is -0.294 e. The third kappa shape index (κ3) is 5.28. The summed E-state index contributed by atoms with van der Waals surface area (Å²) in [6.07, 6.45) is -2.52. The number of halogens is 4. The van der Waals surface area contributed by atoms with Crippen LogP contribution >= 0.6 is 0 Å². The van der Waals surface area contributed by atoms with Gasteiger partial charge in [0.15, 0.2) is 5.78 Å². The normalized spacial score (nSPS) is 12.5. The van der Waals surface area contributed by atoms with Crippen molar-refractivity contribution in [2.24, 2.45) is 5.92 Å². The van der Waals surface area contributed by atoms with Crippen LogP contribution in [-0.4, -0.2) is 5.78 Å². The van der Waals surface area contributed by atoms with E-state index in [1.165, 1.54) is 24.3 Å². The van der Waals surface area contributed by atoms with Crippen molar-refractivity contribution in [1.82, 2.24) is 0 Å². The number of alkyl halides is 3. The molecule has 2 rings (SSSR count). The van der Waals surface area contributed by atoms with Crippen molar-refractivity contribution in [3.63, 3.8) is 0 Å². The van der Waals surface area contributed by atoms with Crippen LogP contribution in [0.2, 0.25) is 0 Å². The smallest absolute Gasteiger partial charge is 0.294 e. The molecule has 0 heterocycles. The fraction of sp³-hybridized carbons (Fsp3) is 0.250. The predicted molar refractivity (Wildman–Crippen MR) is 89.4 cm³/mol. The molecule has 0 aliphatic rings. The van der Waals surface area contributed by atoms with Gasteiger partial charge in [0, 0.05) is 17.9 Å². The molecular weight excluding hydrogens is 332 g/mol. The molecule has 0 amide bonds. The number of hydrogen-bond donors (Lipinski definition) is 0. The zero-order chi connectivity index (χ0) is 18.6. The van der Waals surface area contributed by atoms with Crippen LogP contribution in [0.15, 0.2) is 54.1 Å². The number of carbonyl (C=O) groups excluding carboxylic acids is 1. The van der Waals surface area contributed by atoms with Gasteiger partial charge in [0.25, 0.3) is 0 Å². The molecule has 0 aliphatic carbocycles. The highest BCUT2D eigenvalue weighted by atomic mass is 19.4. The molecule has 2 aromatic carbocycles. The average molecular weight is 350 g/mol. The molecular formula is C20H18F4O. The highest BCUT2D eigenvalue weighted by Crippen LogP contribution is 2.29. The Morgan fingerprint density at radius 3 is 2.04 bits per heavy atom. The maximum Gasteiger partial charge on any atom is 0.416 e. The Bertz CT molecular complexity index is 754. The highest BCUT2D eigenvalue weighted by Gasteiger charge is 2.30. The zero-order valence-corrected chi connectivity index (χ0v) is 13.9. The Hall–Kier alpha value is -2.43. The Morgan fingerprint density at radius 2 is 1.56 bits per heavy atom. The second-order valence-electron chi connectivity index (χ2n) is 6.11. The summed E-state index contributed by atoms with van der Waals surface area (Å²) in [5.41, 5.74) is 1.02. The van der Waals surface area contributed by atoms with E-state index in [0.717, 1.165) is 12.1 Å². The van der Waals surface area contributed by atoms with Gasteiger partial charge in [0.2, 0.25) is 0 Å². The van der Waals surface area contributed by atoms with E-state index in [2.05, 4.69) is 0 Å². The molecule has 5 heteroatoms. The van der Waals surface area contributed by atoms with E-state index in [0.29, 0.717) is 16.7 Å². The lowest BCUT2D eigenvalue weighted by molar-refractivity contribution is -0.137. The van der Waals surface area contributed by atoms with Crippen molar-refractivity contribution in [3.8, 4) is 0 Å². The topological polar surface area (TPSA) is 17.1 Å². The number of rotatable bonds is 5. The Labute approximate surface area is 144 Å². The van der Waals surface area contributed by atoms with Crippen LogP contribution in [0, 0.1) is 11.7 Å². The van der Waals surface area contributed by atoms with E-state index < -0.39 is 11.7 Å². The number of allylic oxidation sites excluding steroid dienone is 1. The maximum atomic E-state index is 13.0. The summed E-state index contributed by atoms with van der Waals surface area (Å²) in [6, 6.07) is 10.4. The molecule has 25 heavy (non-hydrogen) atoms. The molecule has 0 radical (unpaired) electrons. The van der Waals surface area contributed by atoms with Crippen LogP contribution in [0.3, 0.4) is 0 Å². The highest BCUT2D eigenvalue weighted by molar-refractivity contribution is 6.01. The van der Waals surface area contributed by atoms with Crippen LogP contribution < -0.4 is 0 Å². The first-order chi connectivity index (χ1) is 11.7. The number of benzene rings is 2. The third-order valence-corrected chi connectivity index (χ3v) is 3.73. The number of Topliss-reactive ketones (excluding diaryl/α,β-unsaturated/α-hetero) is 1. The summed E-state index contributed by atoms with van der Waals surface area (Å²) in [7, 11) is 0. The molecule has 0 bridgehead atoms. The quantitative estimate of drug-likeness (QED) is 0.500. The van der Waals surface area contributed by atoms with E-state index in [-0.39, 0.29) is 23.9 Å². The SMILES string of the molecule is CC(C)C(=O)C(=Cc1ccc(F)cc1)Cc1ccc(C(F)(F)F)cc1. The molecule has 2 aromatic rings. The van der Waals surface area contributed by atoms with E-state index in [1.54, 1.807) is 32.1 Å². The van der Waals surface area contributed by atoms with Gasteiger partial charge >= 0.3 is 6.18 Å². The third-order valence-electron chi connectivity index (χ3n) is 3.73. The van der Waals surface area contributed by atoms with Crippen molar-refractivity contribution in [3.05, 3.63) is 76.6 Å². The number of hydrogen-bond acceptors (Lipinski definition) is 1. The van der Waals surface area contributed by atoms with Crippen LogP contribution in [0.1, 0.15) is 30.5 Å². The second-order valence-corrected chi connectivity index (χ2v) is 6.11. The van der Waals surface area contributed by atoms with Crippen LogP contribution in [0.25, 0.3) is 6.08 Å². The molecule has 1 nitrogen and oxygen atoms in total. The molecule has 0 atom stereocenters. The lowest BCUT2D eigenvalue weighted by atomic mass is 9.93.